The molecule has 0 N–H and O–H groups in total. The molecular weight excluding hydrogens is 440 g/mol. The van der Waals surface area contributed by atoms with Gasteiger partial charge in [0.15, 0.2) is 12.4 Å². The lowest BCUT2D eigenvalue weighted by atomic mass is 9.46. The van der Waals surface area contributed by atoms with Gasteiger partial charge in [-0.2, -0.15) is 0 Å². The Balaban J connectivity index is 1.23. The van der Waals surface area contributed by atoms with E-state index in [-0.39, 0.29) is 60.7 Å². The van der Waals surface area contributed by atoms with Gasteiger partial charge in [0.25, 0.3) is 0 Å². The Bertz CT molecular complexity index is 1070. The summed E-state index contributed by atoms with van der Waals surface area (Å²) in [6, 6.07) is 0. The number of epoxide rings is 3. The van der Waals surface area contributed by atoms with Crippen LogP contribution in [0, 0.1) is 29.6 Å². The summed E-state index contributed by atoms with van der Waals surface area (Å²) in [5.41, 5.74) is 0.0362. The number of cyclic esters (lactones) is 1. The molecule has 4 heterocycles. The van der Waals surface area contributed by atoms with Gasteiger partial charge in [-0.3, -0.25) is 4.79 Å². The van der Waals surface area contributed by atoms with E-state index in [0.717, 1.165) is 24.0 Å². The quantitative estimate of drug-likeness (QED) is 0.252. The van der Waals surface area contributed by atoms with E-state index in [1.54, 1.807) is 0 Å². The first kappa shape index (κ1) is 21.4. The standard InChI is InChI=1S/C26H30O8/c1-5-6-7-18(27)30-12-31-22-24(13(2)3)19(33-24)20-26(34-20)23(4)9-8-14-15(11-29-21(14)28)16(23)10-17-25(22,26)32-17/h1,13,16-17,19-20,22H,6-12H2,2-4H3/t16-,17-,19-,20-,22+,23-,24-,25+,26+/m0/s1. The average molecular weight is 471 g/mol. The van der Waals surface area contributed by atoms with E-state index >= 15 is 0 Å². The van der Waals surface area contributed by atoms with E-state index in [9.17, 15) is 9.59 Å². The molecule has 4 aliphatic heterocycles. The summed E-state index contributed by atoms with van der Waals surface area (Å²) in [5, 5.41) is 0. The summed E-state index contributed by atoms with van der Waals surface area (Å²) in [6.45, 7) is 6.75. The molecule has 0 aromatic carbocycles. The van der Waals surface area contributed by atoms with Gasteiger partial charge in [0.2, 0.25) is 0 Å². The normalized spacial score (nSPS) is 50.6. The van der Waals surface area contributed by atoms with Crippen molar-refractivity contribution in [2.24, 2.45) is 17.3 Å². The zero-order valence-electron chi connectivity index (χ0n) is 19.8. The van der Waals surface area contributed by atoms with Crippen molar-refractivity contribution in [3.63, 3.8) is 0 Å². The largest absolute Gasteiger partial charge is 0.458 e. The van der Waals surface area contributed by atoms with E-state index in [4.69, 9.17) is 34.8 Å². The maximum atomic E-state index is 12.3. The van der Waals surface area contributed by atoms with Crippen LogP contribution >= 0.6 is 0 Å². The van der Waals surface area contributed by atoms with E-state index < -0.39 is 22.9 Å². The fourth-order valence-electron chi connectivity index (χ4n) is 8.33. The molecule has 7 rings (SSSR count). The van der Waals surface area contributed by atoms with E-state index in [2.05, 4.69) is 26.7 Å². The Morgan fingerprint density at radius 2 is 2.09 bits per heavy atom. The molecule has 2 spiro atoms. The zero-order valence-corrected chi connectivity index (χ0v) is 19.8. The van der Waals surface area contributed by atoms with Gasteiger partial charge in [0, 0.05) is 17.4 Å². The predicted molar refractivity (Wildman–Crippen MR) is 115 cm³/mol. The van der Waals surface area contributed by atoms with Gasteiger partial charge in [-0.1, -0.05) is 20.8 Å². The number of esters is 2. The molecule has 8 nitrogen and oxygen atoms in total. The van der Waals surface area contributed by atoms with Gasteiger partial charge in [-0.05, 0) is 36.7 Å². The SMILES string of the molecule is C#CCCC(=O)OCO[C@@H]1[C@@]2(C(C)C)O[C@H]2[C@@H]2O[C@]23[C@]12O[C@H]2C[C@H]1C2=C(CC[C@@]13C)C(=O)OC2. The van der Waals surface area contributed by atoms with Crippen LogP contribution in [0.2, 0.25) is 0 Å². The lowest BCUT2D eigenvalue weighted by Crippen LogP contribution is -2.69. The summed E-state index contributed by atoms with van der Waals surface area (Å²) in [5.74, 6) is 2.24. The molecule has 0 aromatic rings. The second-order valence-electron chi connectivity index (χ2n) is 11.4. The highest BCUT2D eigenvalue weighted by Crippen LogP contribution is 2.83. The fraction of sp³-hybridized carbons (Fsp3) is 0.769. The Morgan fingerprint density at radius 1 is 1.26 bits per heavy atom. The Morgan fingerprint density at radius 3 is 2.85 bits per heavy atom. The molecule has 182 valence electrons. The number of carbonyl (C=O) groups excluding carboxylic acids is 2. The topological polar surface area (TPSA) is 99.4 Å². The third kappa shape index (κ3) is 2.18. The molecule has 0 bridgehead atoms. The van der Waals surface area contributed by atoms with Crippen LogP contribution < -0.4 is 0 Å². The molecule has 0 aromatic heterocycles. The number of hydrogen-bond donors (Lipinski definition) is 0. The summed E-state index contributed by atoms with van der Waals surface area (Å²) in [7, 11) is 0. The van der Waals surface area contributed by atoms with Crippen LogP contribution in [-0.2, 0) is 38.0 Å². The van der Waals surface area contributed by atoms with Gasteiger partial charge in [0.1, 0.15) is 36.1 Å². The minimum Gasteiger partial charge on any atom is -0.458 e. The molecule has 7 aliphatic rings. The molecule has 8 heteroatoms. The molecule has 3 aliphatic carbocycles. The van der Waals surface area contributed by atoms with Crippen molar-refractivity contribution < 1.29 is 38.0 Å². The van der Waals surface area contributed by atoms with Crippen molar-refractivity contribution in [2.75, 3.05) is 13.4 Å². The molecule has 9 atom stereocenters. The Labute approximate surface area is 198 Å². The van der Waals surface area contributed by atoms with Crippen LogP contribution in [0.15, 0.2) is 11.1 Å². The second-order valence-corrected chi connectivity index (χ2v) is 11.4. The number of carbonyl (C=O) groups is 2. The lowest BCUT2D eigenvalue weighted by molar-refractivity contribution is -0.184. The second kappa shape index (κ2) is 6.44. The molecular formula is C26H30O8. The molecule has 0 unspecified atom stereocenters. The minimum absolute atomic E-state index is 0.0640. The first-order valence-corrected chi connectivity index (χ1v) is 12.4. The van der Waals surface area contributed by atoms with Gasteiger partial charge in [0.05, 0.1) is 12.5 Å². The number of hydrogen-bond acceptors (Lipinski definition) is 8. The summed E-state index contributed by atoms with van der Waals surface area (Å²) in [4.78, 5) is 24.3. The number of ether oxygens (including phenoxy) is 6. The monoisotopic (exact) mass is 470 g/mol. The van der Waals surface area contributed by atoms with Gasteiger partial charge < -0.3 is 28.4 Å². The summed E-state index contributed by atoms with van der Waals surface area (Å²) in [6.07, 6.45) is 7.44. The average Bonchev–Trinajstić information content (AvgIpc) is 3.70. The van der Waals surface area contributed by atoms with Crippen LogP contribution in [0.25, 0.3) is 0 Å². The Kier molecular flexibility index (Phi) is 4.05. The third-order valence-corrected chi connectivity index (χ3v) is 9.99. The van der Waals surface area contributed by atoms with Crippen LogP contribution in [-0.4, -0.2) is 66.6 Å². The molecule has 0 amide bonds. The van der Waals surface area contributed by atoms with E-state index in [1.807, 2.05) is 0 Å². The molecule has 0 radical (unpaired) electrons. The summed E-state index contributed by atoms with van der Waals surface area (Å²) >= 11 is 0. The maximum absolute atomic E-state index is 12.3. The lowest BCUT2D eigenvalue weighted by Gasteiger charge is -2.54. The van der Waals surface area contributed by atoms with Crippen LogP contribution in [0.3, 0.4) is 0 Å². The smallest absolute Gasteiger partial charge is 0.334 e. The maximum Gasteiger partial charge on any atom is 0.334 e. The van der Waals surface area contributed by atoms with Crippen LogP contribution in [0.4, 0.5) is 0 Å². The molecule has 5 fully saturated rings. The highest BCUT2D eigenvalue weighted by molar-refractivity contribution is 5.92. The number of fused-ring (bicyclic) bond motifs is 4. The number of rotatable bonds is 6. The minimum atomic E-state index is -0.646. The van der Waals surface area contributed by atoms with Crippen molar-refractivity contribution in [1.82, 2.24) is 0 Å². The number of terminal acetylenes is 1. The van der Waals surface area contributed by atoms with Crippen LogP contribution in [0.1, 0.15) is 52.9 Å². The van der Waals surface area contributed by atoms with Crippen molar-refractivity contribution in [1.29, 1.82) is 0 Å². The van der Waals surface area contributed by atoms with Crippen LogP contribution in [0.5, 0.6) is 0 Å². The first-order chi connectivity index (χ1) is 16.3. The van der Waals surface area contributed by atoms with Gasteiger partial charge in [-0.15, -0.1) is 12.3 Å². The first-order valence-electron chi connectivity index (χ1n) is 12.4. The van der Waals surface area contributed by atoms with Crippen molar-refractivity contribution in [2.45, 2.75) is 94.1 Å². The summed E-state index contributed by atoms with van der Waals surface area (Å²) < 4.78 is 36.9. The van der Waals surface area contributed by atoms with Crippen molar-refractivity contribution in [3.8, 4) is 12.3 Å². The molecule has 3 saturated heterocycles. The fourth-order valence-corrected chi connectivity index (χ4v) is 8.33. The predicted octanol–water partition coefficient (Wildman–Crippen LogP) is 2.04. The zero-order chi connectivity index (χ0) is 23.7. The molecule has 2 saturated carbocycles. The Hall–Kier alpha value is -1.92. The third-order valence-electron chi connectivity index (χ3n) is 9.99. The molecule has 34 heavy (non-hydrogen) atoms. The van der Waals surface area contributed by atoms with E-state index in [0.29, 0.717) is 19.4 Å². The van der Waals surface area contributed by atoms with Gasteiger partial charge >= 0.3 is 11.9 Å². The van der Waals surface area contributed by atoms with Crippen molar-refractivity contribution >= 4 is 11.9 Å². The van der Waals surface area contributed by atoms with Gasteiger partial charge in [-0.25, -0.2) is 4.79 Å². The van der Waals surface area contributed by atoms with E-state index in [1.165, 1.54) is 0 Å². The van der Waals surface area contributed by atoms with Crippen molar-refractivity contribution in [3.05, 3.63) is 11.1 Å². The highest BCUT2D eigenvalue weighted by Gasteiger charge is 3.00. The highest BCUT2D eigenvalue weighted by atomic mass is 16.8.